The van der Waals surface area contributed by atoms with Crippen LogP contribution in [0.3, 0.4) is 0 Å². The number of hydrogen-bond donors (Lipinski definition) is 1. The van der Waals surface area contributed by atoms with Gasteiger partial charge in [0.1, 0.15) is 0 Å². The first kappa shape index (κ1) is 12.6. The summed E-state index contributed by atoms with van der Waals surface area (Å²) in [5, 5.41) is 5.57. The highest BCUT2D eigenvalue weighted by atomic mass is 79.9. The highest BCUT2D eigenvalue weighted by molar-refractivity contribution is 9.10. The van der Waals surface area contributed by atoms with Gasteiger partial charge in [-0.15, -0.1) is 11.3 Å². The molecule has 0 aliphatic carbocycles. The van der Waals surface area contributed by atoms with Crippen molar-refractivity contribution in [3.05, 3.63) is 20.8 Å². The molecule has 0 bridgehead atoms. The Hall–Kier alpha value is 0.1000. The maximum atomic E-state index is 5.65. The minimum atomic E-state index is 0.424. The number of rotatable bonds is 4. The molecule has 4 heteroatoms. The van der Waals surface area contributed by atoms with Crippen LogP contribution in [0, 0.1) is 5.92 Å². The zero-order valence-electron chi connectivity index (χ0n) is 9.70. The van der Waals surface area contributed by atoms with Gasteiger partial charge in [0.15, 0.2) is 0 Å². The van der Waals surface area contributed by atoms with Crippen LogP contribution >= 0.6 is 27.3 Å². The molecule has 1 saturated heterocycles. The van der Waals surface area contributed by atoms with Gasteiger partial charge < -0.3 is 10.1 Å². The summed E-state index contributed by atoms with van der Waals surface area (Å²) in [6.07, 6.45) is 2.69. The van der Waals surface area contributed by atoms with Crippen LogP contribution in [0.5, 0.6) is 0 Å². The highest BCUT2D eigenvalue weighted by Gasteiger charge is 2.29. The Bertz CT molecular complexity index is 342. The van der Waals surface area contributed by atoms with E-state index in [1.807, 2.05) is 11.3 Å². The molecule has 90 valence electrons. The SMILES string of the molecule is CNC(Cc1sccc1Br)C1COC(C)C1. The number of likely N-dealkylation sites (N-methyl/N-ethyl adjacent to an activating group) is 1. The smallest absolute Gasteiger partial charge is 0.0551 e. The molecule has 0 amide bonds. The maximum absolute atomic E-state index is 5.65. The molecule has 1 aliphatic heterocycles. The summed E-state index contributed by atoms with van der Waals surface area (Å²) in [6, 6.07) is 2.65. The second kappa shape index (κ2) is 5.63. The molecule has 1 aromatic heterocycles. The molecule has 0 radical (unpaired) electrons. The van der Waals surface area contributed by atoms with E-state index < -0.39 is 0 Å². The van der Waals surface area contributed by atoms with Gasteiger partial charge in [-0.1, -0.05) is 0 Å². The third-order valence-electron chi connectivity index (χ3n) is 3.27. The molecular weight excluding hydrogens is 286 g/mol. The first-order valence-corrected chi connectivity index (χ1v) is 7.38. The quantitative estimate of drug-likeness (QED) is 0.923. The van der Waals surface area contributed by atoms with Crippen LogP contribution in [0.1, 0.15) is 18.2 Å². The number of ether oxygens (including phenoxy) is 1. The summed E-state index contributed by atoms with van der Waals surface area (Å²) in [5.41, 5.74) is 0. The Morgan fingerprint density at radius 1 is 1.69 bits per heavy atom. The fraction of sp³-hybridized carbons (Fsp3) is 0.667. The molecule has 16 heavy (non-hydrogen) atoms. The second-order valence-corrected chi connectivity index (χ2v) is 6.29. The van der Waals surface area contributed by atoms with Gasteiger partial charge in [0.25, 0.3) is 0 Å². The van der Waals surface area contributed by atoms with E-state index in [1.54, 1.807) is 0 Å². The minimum Gasteiger partial charge on any atom is -0.378 e. The molecule has 0 aromatic carbocycles. The van der Waals surface area contributed by atoms with Crippen molar-refractivity contribution in [1.82, 2.24) is 5.32 Å². The van der Waals surface area contributed by atoms with Crippen LogP contribution in [0.15, 0.2) is 15.9 Å². The predicted octanol–water partition coefficient (Wildman–Crippen LogP) is 3.07. The van der Waals surface area contributed by atoms with Gasteiger partial charge >= 0.3 is 0 Å². The standard InChI is InChI=1S/C12H18BrNOS/c1-8-5-9(7-15-8)11(14-2)6-12-10(13)3-4-16-12/h3-4,8-9,11,14H,5-7H2,1-2H3. The lowest BCUT2D eigenvalue weighted by molar-refractivity contribution is 0.117. The summed E-state index contributed by atoms with van der Waals surface area (Å²) in [5.74, 6) is 0.647. The lowest BCUT2D eigenvalue weighted by Crippen LogP contribution is -2.35. The van der Waals surface area contributed by atoms with Crippen molar-refractivity contribution in [3.63, 3.8) is 0 Å². The van der Waals surface area contributed by atoms with E-state index >= 15 is 0 Å². The molecule has 1 fully saturated rings. The van der Waals surface area contributed by atoms with Crippen LogP contribution in [0.2, 0.25) is 0 Å². The second-order valence-electron chi connectivity index (χ2n) is 4.43. The van der Waals surface area contributed by atoms with Gasteiger partial charge in [0.2, 0.25) is 0 Å². The summed E-state index contributed by atoms with van der Waals surface area (Å²) in [6.45, 7) is 3.06. The van der Waals surface area contributed by atoms with Crippen molar-refractivity contribution < 1.29 is 4.74 Å². The van der Waals surface area contributed by atoms with Gasteiger partial charge in [0, 0.05) is 21.3 Å². The average molecular weight is 304 g/mol. The lowest BCUT2D eigenvalue weighted by atomic mass is 9.94. The van der Waals surface area contributed by atoms with Crippen molar-refractivity contribution in [3.8, 4) is 0 Å². The number of hydrogen-bond acceptors (Lipinski definition) is 3. The van der Waals surface area contributed by atoms with E-state index in [1.165, 1.54) is 15.8 Å². The van der Waals surface area contributed by atoms with Crippen LogP contribution in [0.25, 0.3) is 0 Å². The lowest BCUT2D eigenvalue weighted by Gasteiger charge is -2.21. The molecule has 2 nitrogen and oxygen atoms in total. The summed E-state index contributed by atoms with van der Waals surface area (Å²) in [4.78, 5) is 1.43. The molecule has 1 N–H and O–H groups in total. The third-order valence-corrected chi connectivity index (χ3v) is 5.21. The van der Waals surface area contributed by atoms with E-state index in [-0.39, 0.29) is 0 Å². The average Bonchev–Trinajstić information content (AvgIpc) is 2.85. The maximum Gasteiger partial charge on any atom is 0.0551 e. The molecule has 0 spiro atoms. The van der Waals surface area contributed by atoms with Crippen molar-refractivity contribution in [2.24, 2.45) is 5.92 Å². The fourth-order valence-corrected chi connectivity index (χ4v) is 3.88. The van der Waals surface area contributed by atoms with Crippen LogP contribution < -0.4 is 5.32 Å². The summed E-state index contributed by atoms with van der Waals surface area (Å²) >= 11 is 5.42. The van der Waals surface area contributed by atoms with Gasteiger partial charge in [-0.05, 0) is 54.2 Å². The van der Waals surface area contributed by atoms with Crippen LogP contribution in [0.4, 0.5) is 0 Å². The molecule has 2 heterocycles. The Balaban J connectivity index is 1.98. The third kappa shape index (κ3) is 2.86. The monoisotopic (exact) mass is 303 g/mol. The molecule has 3 unspecified atom stereocenters. The van der Waals surface area contributed by atoms with Crippen LogP contribution in [-0.4, -0.2) is 25.8 Å². The van der Waals surface area contributed by atoms with E-state index in [0.29, 0.717) is 18.1 Å². The van der Waals surface area contributed by atoms with Gasteiger partial charge in [-0.2, -0.15) is 0 Å². The number of halogens is 1. The fourth-order valence-electron chi connectivity index (χ4n) is 2.31. The molecule has 0 saturated carbocycles. The van der Waals surface area contributed by atoms with Gasteiger partial charge in [0.05, 0.1) is 12.7 Å². The van der Waals surface area contributed by atoms with Crippen molar-refractivity contribution in [1.29, 1.82) is 0 Å². The first-order chi connectivity index (χ1) is 7.70. The predicted molar refractivity (Wildman–Crippen MR) is 72.1 cm³/mol. The van der Waals surface area contributed by atoms with Crippen molar-refractivity contribution >= 4 is 27.3 Å². The Labute approximate surface area is 110 Å². The molecule has 2 rings (SSSR count). The van der Waals surface area contributed by atoms with Crippen molar-refractivity contribution in [2.75, 3.05) is 13.7 Å². The molecule has 1 aromatic rings. The topological polar surface area (TPSA) is 21.3 Å². The largest absolute Gasteiger partial charge is 0.378 e. The summed E-state index contributed by atoms with van der Waals surface area (Å²) < 4.78 is 6.89. The minimum absolute atomic E-state index is 0.424. The molecule has 3 atom stereocenters. The van der Waals surface area contributed by atoms with Crippen molar-refractivity contribution in [2.45, 2.75) is 31.9 Å². The normalized spacial score (nSPS) is 27.2. The summed E-state index contributed by atoms with van der Waals surface area (Å²) in [7, 11) is 2.05. The van der Waals surface area contributed by atoms with E-state index in [9.17, 15) is 0 Å². The zero-order valence-corrected chi connectivity index (χ0v) is 12.1. The first-order valence-electron chi connectivity index (χ1n) is 5.71. The Morgan fingerprint density at radius 3 is 3.00 bits per heavy atom. The van der Waals surface area contributed by atoms with E-state index in [2.05, 4.69) is 46.7 Å². The van der Waals surface area contributed by atoms with Crippen LogP contribution in [-0.2, 0) is 11.2 Å². The number of nitrogens with one attached hydrogen (secondary N) is 1. The number of thiophene rings is 1. The highest BCUT2D eigenvalue weighted by Crippen LogP contribution is 2.29. The Kier molecular flexibility index (Phi) is 4.41. The molecule has 1 aliphatic rings. The van der Waals surface area contributed by atoms with Gasteiger partial charge in [-0.3, -0.25) is 0 Å². The Morgan fingerprint density at radius 2 is 2.50 bits per heavy atom. The zero-order chi connectivity index (χ0) is 11.5. The molecular formula is C12H18BrNOS. The van der Waals surface area contributed by atoms with E-state index in [4.69, 9.17) is 4.74 Å². The van der Waals surface area contributed by atoms with Gasteiger partial charge in [-0.25, -0.2) is 0 Å². The van der Waals surface area contributed by atoms with E-state index in [0.717, 1.165) is 13.0 Å².